The fraction of sp³-hybridized carbons (Fsp3) is 0.250. The van der Waals surface area contributed by atoms with E-state index < -0.39 is 29.8 Å². The highest BCUT2D eigenvalue weighted by Crippen LogP contribution is 2.33. The SMILES string of the molecule is COc1ccc(NC(=O)CN2N=N[C@H]3C(=O)N(c4cccc(Cl)c4)C(=O)[C@@H]32)c(OC)c1. The number of halogens is 1. The van der Waals surface area contributed by atoms with Crippen LogP contribution in [0.3, 0.4) is 0 Å². The lowest BCUT2D eigenvalue weighted by Crippen LogP contribution is -2.43. The summed E-state index contributed by atoms with van der Waals surface area (Å²) >= 11 is 5.98. The topological polar surface area (TPSA) is 113 Å². The molecule has 2 aliphatic rings. The Kier molecular flexibility index (Phi) is 5.47. The van der Waals surface area contributed by atoms with Gasteiger partial charge in [0.25, 0.3) is 11.8 Å². The molecule has 0 spiro atoms. The maximum absolute atomic E-state index is 13.0. The van der Waals surface area contributed by atoms with Gasteiger partial charge in [0.05, 0.1) is 25.6 Å². The minimum Gasteiger partial charge on any atom is -0.497 e. The Morgan fingerprint density at radius 1 is 1.13 bits per heavy atom. The van der Waals surface area contributed by atoms with Gasteiger partial charge < -0.3 is 14.8 Å². The fourth-order valence-electron chi connectivity index (χ4n) is 3.46. The predicted molar refractivity (Wildman–Crippen MR) is 111 cm³/mol. The molecule has 160 valence electrons. The standard InChI is InChI=1S/C20H18ClN5O5/c1-30-13-6-7-14(15(9-13)31-2)22-16(27)10-25-18-17(23-24-25)19(28)26(20(18)29)12-5-3-4-11(21)8-12/h3-9,17-18H,10H2,1-2H3,(H,22,27)/t17-,18-/m1/s1. The largest absolute Gasteiger partial charge is 0.497 e. The molecule has 0 radical (unpaired) electrons. The van der Waals surface area contributed by atoms with Crippen LogP contribution in [-0.4, -0.2) is 55.6 Å². The van der Waals surface area contributed by atoms with Crippen LogP contribution in [0.1, 0.15) is 0 Å². The molecule has 4 rings (SSSR count). The molecule has 10 nitrogen and oxygen atoms in total. The van der Waals surface area contributed by atoms with Crippen LogP contribution in [0.4, 0.5) is 11.4 Å². The first-order valence-electron chi connectivity index (χ1n) is 9.25. The summed E-state index contributed by atoms with van der Waals surface area (Å²) < 4.78 is 10.4. The van der Waals surface area contributed by atoms with Crippen LogP contribution in [0.25, 0.3) is 0 Å². The molecular weight excluding hydrogens is 426 g/mol. The lowest BCUT2D eigenvalue weighted by molar-refractivity contribution is -0.123. The highest BCUT2D eigenvalue weighted by Gasteiger charge is 2.55. The summed E-state index contributed by atoms with van der Waals surface area (Å²) in [5.74, 6) is -0.502. The van der Waals surface area contributed by atoms with Crippen LogP contribution >= 0.6 is 11.6 Å². The highest BCUT2D eigenvalue weighted by atomic mass is 35.5. The van der Waals surface area contributed by atoms with Crippen LogP contribution in [0.15, 0.2) is 52.8 Å². The van der Waals surface area contributed by atoms with Crippen LogP contribution < -0.4 is 19.7 Å². The second-order valence-electron chi connectivity index (χ2n) is 6.80. The van der Waals surface area contributed by atoms with Crippen molar-refractivity contribution in [3.05, 3.63) is 47.5 Å². The van der Waals surface area contributed by atoms with Crippen molar-refractivity contribution in [2.75, 3.05) is 31.0 Å². The average molecular weight is 444 g/mol. The summed E-state index contributed by atoms with van der Waals surface area (Å²) in [5.41, 5.74) is 0.773. The summed E-state index contributed by atoms with van der Waals surface area (Å²) in [7, 11) is 2.99. The Balaban J connectivity index is 1.48. The van der Waals surface area contributed by atoms with Gasteiger partial charge in [0.1, 0.15) is 18.0 Å². The van der Waals surface area contributed by atoms with E-state index in [-0.39, 0.29) is 6.54 Å². The summed E-state index contributed by atoms with van der Waals surface area (Å²) in [6.45, 7) is -0.276. The molecule has 3 amide bonds. The predicted octanol–water partition coefficient (Wildman–Crippen LogP) is 2.29. The van der Waals surface area contributed by atoms with Crippen molar-refractivity contribution >= 4 is 40.7 Å². The Bertz CT molecular complexity index is 1090. The van der Waals surface area contributed by atoms with E-state index >= 15 is 0 Å². The smallest absolute Gasteiger partial charge is 0.263 e. The molecule has 0 saturated carbocycles. The molecule has 2 aromatic rings. The van der Waals surface area contributed by atoms with E-state index in [9.17, 15) is 14.4 Å². The van der Waals surface area contributed by atoms with Crippen molar-refractivity contribution in [3.63, 3.8) is 0 Å². The minimum absolute atomic E-state index is 0.276. The summed E-state index contributed by atoms with van der Waals surface area (Å²) in [6, 6.07) is 9.34. The highest BCUT2D eigenvalue weighted by molar-refractivity contribution is 6.31. The maximum atomic E-state index is 13.0. The molecule has 1 N–H and O–H groups in total. The Hall–Kier alpha value is -3.66. The Morgan fingerprint density at radius 2 is 1.94 bits per heavy atom. The average Bonchev–Trinajstić information content (AvgIpc) is 3.27. The van der Waals surface area contributed by atoms with Crippen LogP contribution in [0.2, 0.25) is 5.02 Å². The lowest BCUT2D eigenvalue weighted by Gasteiger charge is -2.20. The van der Waals surface area contributed by atoms with Gasteiger partial charge in [-0.25, -0.2) is 4.90 Å². The van der Waals surface area contributed by atoms with Gasteiger partial charge >= 0.3 is 0 Å². The maximum Gasteiger partial charge on any atom is 0.263 e. The number of ether oxygens (including phenoxy) is 2. The first kappa shape index (κ1) is 20.6. The van der Waals surface area contributed by atoms with Crippen molar-refractivity contribution in [1.29, 1.82) is 0 Å². The molecule has 1 fully saturated rings. The van der Waals surface area contributed by atoms with E-state index in [4.69, 9.17) is 21.1 Å². The molecule has 0 unspecified atom stereocenters. The van der Waals surface area contributed by atoms with Crippen molar-refractivity contribution < 1.29 is 23.9 Å². The number of nitrogens with one attached hydrogen (secondary N) is 1. The summed E-state index contributed by atoms with van der Waals surface area (Å²) in [5, 5.41) is 12.1. The normalized spacial score (nSPS) is 19.6. The molecule has 2 aromatic carbocycles. The van der Waals surface area contributed by atoms with Gasteiger partial charge in [-0.1, -0.05) is 22.9 Å². The molecule has 2 aliphatic heterocycles. The van der Waals surface area contributed by atoms with E-state index in [0.29, 0.717) is 27.9 Å². The van der Waals surface area contributed by atoms with E-state index in [2.05, 4.69) is 15.7 Å². The van der Waals surface area contributed by atoms with Crippen molar-refractivity contribution in [2.24, 2.45) is 10.3 Å². The molecule has 31 heavy (non-hydrogen) atoms. The van der Waals surface area contributed by atoms with Gasteiger partial charge in [0.15, 0.2) is 12.1 Å². The van der Waals surface area contributed by atoms with Crippen molar-refractivity contribution in [1.82, 2.24) is 5.01 Å². The first-order chi connectivity index (χ1) is 14.9. The van der Waals surface area contributed by atoms with Gasteiger partial charge in [-0.3, -0.25) is 19.4 Å². The zero-order valence-corrected chi connectivity index (χ0v) is 17.4. The molecule has 2 heterocycles. The Morgan fingerprint density at radius 3 is 2.65 bits per heavy atom. The number of fused-ring (bicyclic) bond motifs is 1. The summed E-state index contributed by atoms with van der Waals surface area (Å²) in [6.07, 6.45) is 0. The van der Waals surface area contributed by atoms with Crippen LogP contribution in [-0.2, 0) is 14.4 Å². The quantitative estimate of drug-likeness (QED) is 0.685. The number of rotatable bonds is 6. The van der Waals surface area contributed by atoms with Crippen LogP contribution in [0.5, 0.6) is 11.5 Å². The number of imide groups is 1. The second kappa shape index (κ2) is 8.23. The third-order valence-corrected chi connectivity index (χ3v) is 5.15. The monoisotopic (exact) mass is 443 g/mol. The number of hydrogen-bond donors (Lipinski definition) is 1. The number of carbonyl (C=O) groups is 3. The molecule has 11 heteroatoms. The molecule has 0 aliphatic carbocycles. The van der Waals surface area contributed by atoms with Crippen molar-refractivity contribution in [2.45, 2.75) is 12.1 Å². The number of nitrogens with zero attached hydrogens (tertiary/aromatic N) is 4. The van der Waals surface area contributed by atoms with E-state index in [1.165, 1.54) is 25.3 Å². The molecular formula is C20H18ClN5O5. The number of carbonyl (C=O) groups excluding carboxylic acids is 3. The molecule has 1 saturated heterocycles. The number of anilines is 2. The summed E-state index contributed by atoms with van der Waals surface area (Å²) in [4.78, 5) is 39.3. The van der Waals surface area contributed by atoms with Gasteiger partial charge in [-0.15, -0.1) is 0 Å². The van der Waals surface area contributed by atoms with E-state index in [1.54, 1.807) is 36.4 Å². The third-order valence-electron chi connectivity index (χ3n) is 4.91. The van der Waals surface area contributed by atoms with Gasteiger partial charge in [0.2, 0.25) is 5.91 Å². The van der Waals surface area contributed by atoms with Crippen molar-refractivity contribution in [3.8, 4) is 11.5 Å². The fourth-order valence-corrected chi connectivity index (χ4v) is 3.65. The van der Waals surface area contributed by atoms with Gasteiger partial charge in [0, 0.05) is 11.1 Å². The minimum atomic E-state index is -1.00. The lowest BCUT2D eigenvalue weighted by atomic mass is 10.1. The molecule has 0 bridgehead atoms. The number of amides is 3. The molecule has 0 aromatic heterocycles. The molecule has 2 atom stereocenters. The van der Waals surface area contributed by atoms with Crippen LogP contribution in [0, 0.1) is 0 Å². The van der Waals surface area contributed by atoms with E-state index in [1.807, 2.05) is 0 Å². The number of benzene rings is 2. The van der Waals surface area contributed by atoms with Gasteiger partial charge in [-0.2, -0.15) is 5.11 Å². The van der Waals surface area contributed by atoms with Gasteiger partial charge in [-0.05, 0) is 30.3 Å². The third kappa shape index (κ3) is 3.77. The number of methoxy groups -OCH3 is 2. The Labute approximate surface area is 182 Å². The second-order valence-corrected chi connectivity index (χ2v) is 7.23. The first-order valence-corrected chi connectivity index (χ1v) is 9.63. The van der Waals surface area contributed by atoms with E-state index in [0.717, 1.165) is 4.90 Å². The zero-order valence-electron chi connectivity index (χ0n) is 16.6. The number of hydrogen-bond acceptors (Lipinski definition) is 8. The zero-order chi connectivity index (χ0) is 22.1.